The third kappa shape index (κ3) is 4.94. The molecule has 0 aliphatic heterocycles. The van der Waals surface area contributed by atoms with E-state index >= 15 is 0 Å². The van der Waals surface area contributed by atoms with E-state index in [-0.39, 0.29) is 19.2 Å². The normalized spacial score (nSPS) is 10.8. The van der Waals surface area contributed by atoms with Crippen molar-refractivity contribution in [3.63, 3.8) is 0 Å². The number of benzene rings is 1. The average molecular weight is 481 g/mol. The van der Waals surface area contributed by atoms with E-state index in [1.807, 2.05) is 12.1 Å². The van der Waals surface area contributed by atoms with Crippen LogP contribution in [0.1, 0.15) is 28.8 Å². The highest BCUT2D eigenvalue weighted by atomic mass is 35.5. The van der Waals surface area contributed by atoms with Crippen LogP contribution >= 0.6 is 11.6 Å². The van der Waals surface area contributed by atoms with Gasteiger partial charge in [0, 0.05) is 28.7 Å². The SMILES string of the molecule is CCOC(=O)c1cccc(-c2nccc3cc(CO)oc23)c1.OCc1cc2ccnc(Cl)c2o1. The van der Waals surface area contributed by atoms with Crippen LogP contribution in [-0.2, 0) is 18.0 Å². The Hall–Kier alpha value is -3.72. The van der Waals surface area contributed by atoms with Gasteiger partial charge in [-0.15, -0.1) is 0 Å². The maximum atomic E-state index is 11.8. The van der Waals surface area contributed by atoms with E-state index < -0.39 is 0 Å². The van der Waals surface area contributed by atoms with Crippen LogP contribution in [0.25, 0.3) is 33.2 Å². The summed E-state index contributed by atoms with van der Waals surface area (Å²) in [6.45, 7) is 1.81. The molecule has 0 spiro atoms. The maximum Gasteiger partial charge on any atom is 0.338 e. The number of pyridine rings is 2. The lowest BCUT2D eigenvalue weighted by Gasteiger charge is -2.05. The molecule has 0 atom stereocenters. The summed E-state index contributed by atoms with van der Waals surface area (Å²) in [5.74, 6) is 0.609. The van der Waals surface area contributed by atoms with Gasteiger partial charge in [0.25, 0.3) is 0 Å². The van der Waals surface area contributed by atoms with Gasteiger partial charge >= 0.3 is 5.97 Å². The van der Waals surface area contributed by atoms with Crippen molar-refractivity contribution in [1.82, 2.24) is 9.97 Å². The Morgan fingerprint density at radius 2 is 1.59 bits per heavy atom. The Balaban J connectivity index is 0.000000192. The van der Waals surface area contributed by atoms with Gasteiger partial charge in [0.15, 0.2) is 16.3 Å². The van der Waals surface area contributed by atoms with E-state index in [9.17, 15) is 9.90 Å². The molecular weight excluding hydrogens is 460 g/mol. The molecule has 0 aliphatic rings. The first-order valence-electron chi connectivity index (χ1n) is 10.4. The Morgan fingerprint density at radius 3 is 2.24 bits per heavy atom. The van der Waals surface area contributed by atoms with Crippen LogP contribution in [-0.4, -0.2) is 32.8 Å². The molecular formula is C25H21ClN2O6. The van der Waals surface area contributed by atoms with Crippen molar-refractivity contribution in [2.45, 2.75) is 20.1 Å². The maximum absolute atomic E-state index is 11.8. The van der Waals surface area contributed by atoms with E-state index in [0.29, 0.717) is 45.7 Å². The number of rotatable bonds is 5. The number of fused-ring (bicyclic) bond motifs is 2. The molecule has 0 saturated heterocycles. The minimum atomic E-state index is -0.369. The van der Waals surface area contributed by atoms with Crippen LogP contribution in [0, 0.1) is 0 Å². The van der Waals surface area contributed by atoms with Gasteiger partial charge in [-0.1, -0.05) is 23.7 Å². The zero-order valence-electron chi connectivity index (χ0n) is 18.2. The van der Waals surface area contributed by atoms with Gasteiger partial charge in [-0.3, -0.25) is 4.98 Å². The second-order valence-electron chi connectivity index (χ2n) is 7.14. The second kappa shape index (κ2) is 10.5. The number of esters is 1. The van der Waals surface area contributed by atoms with Crippen LogP contribution in [0.5, 0.6) is 0 Å². The first kappa shape index (κ1) is 23.4. The predicted octanol–water partition coefficient (Wildman–Crippen LogP) is 5.14. The number of aliphatic hydroxyl groups excluding tert-OH is 2. The van der Waals surface area contributed by atoms with Crippen molar-refractivity contribution in [3.8, 4) is 11.3 Å². The number of hydrogen-bond donors (Lipinski definition) is 2. The minimum absolute atomic E-state index is 0.120. The first-order chi connectivity index (χ1) is 16.5. The number of hydrogen-bond acceptors (Lipinski definition) is 8. The molecule has 0 bridgehead atoms. The molecule has 5 aromatic rings. The van der Waals surface area contributed by atoms with Gasteiger partial charge in [-0.2, -0.15) is 0 Å². The molecule has 4 aromatic heterocycles. The Kier molecular flexibility index (Phi) is 7.22. The van der Waals surface area contributed by atoms with Crippen LogP contribution in [0.15, 0.2) is 69.8 Å². The molecule has 0 radical (unpaired) electrons. The summed E-state index contributed by atoms with van der Waals surface area (Å²) in [6.07, 6.45) is 3.27. The fourth-order valence-electron chi connectivity index (χ4n) is 3.37. The van der Waals surface area contributed by atoms with Crippen molar-refractivity contribution in [2.24, 2.45) is 0 Å². The molecule has 0 aliphatic carbocycles. The van der Waals surface area contributed by atoms with E-state index in [4.69, 9.17) is 30.3 Å². The first-order valence-corrected chi connectivity index (χ1v) is 10.8. The molecule has 8 nitrogen and oxygen atoms in total. The number of aromatic nitrogens is 2. The number of ether oxygens (including phenoxy) is 1. The summed E-state index contributed by atoms with van der Waals surface area (Å²) in [5.41, 5.74) is 2.97. The predicted molar refractivity (Wildman–Crippen MR) is 126 cm³/mol. The monoisotopic (exact) mass is 480 g/mol. The number of halogens is 1. The zero-order valence-corrected chi connectivity index (χ0v) is 19.0. The quantitative estimate of drug-likeness (QED) is 0.262. The molecule has 0 amide bonds. The molecule has 2 N–H and O–H groups in total. The fraction of sp³-hybridized carbons (Fsp3) is 0.160. The van der Waals surface area contributed by atoms with Gasteiger partial charge < -0.3 is 23.8 Å². The zero-order chi connectivity index (χ0) is 24.1. The largest absolute Gasteiger partial charge is 0.462 e. The summed E-state index contributed by atoms with van der Waals surface area (Å²) >= 11 is 5.74. The third-order valence-corrected chi connectivity index (χ3v) is 5.15. The van der Waals surface area contributed by atoms with E-state index in [1.165, 1.54) is 0 Å². The van der Waals surface area contributed by atoms with Crippen LogP contribution < -0.4 is 0 Å². The standard InChI is InChI=1S/C17H15NO4.C8H6ClNO2/c1-2-21-17(20)13-5-3-4-11(8-13)15-16-12(6-7-18-15)9-14(10-19)22-16;9-8-7-5(1-2-10-8)3-6(4-11)12-7/h3-9,19H,2,10H2,1H3;1-3,11H,4H2. The highest BCUT2D eigenvalue weighted by molar-refractivity contribution is 6.33. The number of carbonyl (C=O) groups is 1. The van der Waals surface area contributed by atoms with Crippen molar-refractivity contribution in [1.29, 1.82) is 0 Å². The summed E-state index contributed by atoms with van der Waals surface area (Å²) in [5, 5.41) is 20.0. The molecule has 9 heteroatoms. The van der Waals surface area contributed by atoms with Crippen LogP contribution in [0.4, 0.5) is 0 Å². The Morgan fingerprint density at radius 1 is 0.941 bits per heavy atom. The molecule has 34 heavy (non-hydrogen) atoms. The highest BCUT2D eigenvalue weighted by Crippen LogP contribution is 2.29. The summed E-state index contributed by atoms with van der Waals surface area (Å²) in [7, 11) is 0. The lowest BCUT2D eigenvalue weighted by molar-refractivity contribution is 0.0526. The van der Waals surface area contributed by atoms with Gasteiger partial charge in [0.2, 0.25) is 0 Å². The van der Waals surface area contributed by atoms with Crippen LogP contribution in [0.3, 0.4) is 0 Å². The number of furan rings is 2. The smallest absolute Gasteiger partial charge is 0.338 e. The Labute approximate surface area is 199 Å². The average Bonchev–Trinajstić information content (AvgIpc) is 3.49. The fourth-order valence-corrected chi connectivity index (χ4v) is 3.58. The molecule has 174 valence electrons. The molecule has 5 rings (SSSR count). The molecule has 1 aromatic carbocycles. The third-order valence-electron chi connectivity index (χ3n) is 4.88. The van der Waals surface area contributed by atoms with Gasteiger partial charge in [-0.25, -0.2) is 9.78 Å². The summed E-state index contributed by atoms with van der Waals surface area (Å²) < 4.78 is 15.8. The highest BCUT2D eigenvalue weighted by Gasteiger charge is 2.13. The van der Waals surface area contributed by atoms with E-state index in [2.05, 4.69) is 9.97 Å². The van der Waals surface area contributed by atoms with Crippen molar-refractivity contribution in [2.75, 3.05) is 6.61 Å². The summed E-state index contributed by atoms with van der Waals surface area (Å²) in [6, 6.07) is 14.2. The van der Waals surface area contributed by atoms with Crippen molar-refractivity contribution >= 4 is 39.5 Å². The molecule has 4 heterocycles. The lowest BCUT2D eigenvalue weighted by Crippen LogP contribution is -2.04. The number of nitrogens with zero attached hydrogens (tertiary/aromatic N) is 2. The molecule has 0 unspecified atom stereocenters. The topological polar surface area (TPSA) is 119 Å². The Bertz CT molecular complexity index is 1440. The lowest BCUT2D eigenvalue weighted by atomic mass is 10.1. The van der Waals surface area contributed by atoms with Gasteiger partial charge in [-0.05, 0) is 43.3 Å². The van der Waals surface area contributed by atoms with Crippen molar-refractivity contribution in [3.05, 3.63) is 83.2 Å². The number of carbonyl (C=O) groups excluding carboxylic acids is 1. The van der Waals surface area contributed by atoms with Gasteiger partial charge in [0.1, 0.15) is 30.4 Å². The van der Waals surface area contributed by atoms with Crippen molar-refractivity contribution < 1.29 is 28.6 Å². The minimum Gasteiger partial charge on any atom is -0.462 e. The van der Waals surface area contributed by atoms with E-state index in [1.54, 1.807) is 55.7 Å². The van der Waals surface area contributed by atoms with Crippen LogP contribution in [0.2, 0.25) is 5.15 Å². The molecule has 0 fully saturated rings. The summed E-state index contributed by atoms with van der Waals surface area (Å²) in [4.78, 5) is 20.0. The number of aliphatic hydroxyl groups is 2. The van der Waals surface area contributed by atoms with Gasteiger partial charge in [0.05, 0.1) is 12.2 Å². The molecule has 0 saturated carbocycles. The second-order valence-corrected chi connectivity index (χ2v) is 7.50. The van der Waals surface area contributed by atoms with E-state index in [0.717, 1.165) is 16.3 Å².